The molecule has 2 aliphatic heterocycles. The molecule has 6 rings (SSSR count). The van der Waals surface area contributed by atoms with Gasteiger partial charge in [-0.3, -0.25) is 19.4 Å². The lowest BCUT2D eigenvalue weighted by molar-refractivity contribution is 0.0650. The number of likely N-dealkylation sites (tertiary alicyclic amines) is 1. The quantitative estimate of drug-likeness (QED) is 0.461. The number of hydrogen-bond acceptors (Lipinski definition) is 5. The molecule has 7 heteroatoms. The number of benzene rings is 2. The number of imide groups is 1. The SMILES string of the molecule is O=C1c2ccccc2C(=O)N1CCCn1cc(CN2CCC(O)CC2)c2cc(OCC3CC3)ccc21. The number of fused-ring (bicyclic) bond motifs is 2. The number of ether oxygens (including phenoxy) is 1. The number of piperidine rings is 1. The first-order valence-corrected chi connectivity index (χ1v) is 13.2. The Kier molecular flexibility index (Phi) is 6.27. The van der Waals surface area contributed by atoms with Crippen LogP contribution in [0.1, 0.15) is 58.4 Å². The third kappa shape index (κ3) is 4.65. The molecule has 1 aromatic heterocycles. The summed E-state index contributed by atoms with van der Waals surface area (Å²) in [4.78, 5) is 29.2. The summed E-state index contributed by atoms with van der Waals surface area (Å²) in [5.74, 6) is 1.22. The van der Waals surface area contributed by atoms with E-state index >= 15 is 0 Å². The molecule has 1 saturated carbocycles. The van der Waals surface area contributed by atoms with Crippen molar-refractivity contribution in [2.45, 2.75) is 51.3 Å². The van der Waals surface area contributed by atoms with Gasteiger partial charge in [0.1, 0.15) is 5.75 Å². The average Bonchev–Trinajstić information content (AvgIpc) is 3.63. The summed E-state index contributed by atoms with van der Waals surface area (Å²) in [6, 6.07) is 13.4. The van der Waals surface area contributed by atoms with Gasteiger partial charge < -0.3 is 14.4 Å². The van der Waals surface area contributed by atoms with Gasteiger partial charge in [-0.15, -0.1) is 0 Å². The Morgan fingerprint density at radius 3 is 2.33 bits per heavy atom. The van der Waals surface area contributed by atoms with Crippen LogP contribution in [-0.2, 0) is 13.1 Å². The van der Waals surface area contributed by atoms with Gasteiger partial charge >= 0.3 is 0 Å². The first kappa shape index (κ1) is 23.3. The van der Waals surface area contributed by atoms with Gasteiger partial charge in [0.25, 0.3) is 11.8 Å². The fourth-order valence-corrected chi connectivity index (χ4v) is 5.41. The summed E-state index contributed by atoms with van der Waals surface area (Å²) >= 11 is 0. The molecule has 188 valence electrons. The van der Waals surface area contributed by atoms with Gasteiger partial charge in [0.15, 0.2) is 0 Å². The van der Waals surface area contributed by atoms with Crippen molar-refractivity contribution >= 4 is 22.7 Å². The Labute approximate surface area is 211 Å². The second-order valence-electron chi connectivity index (χ2n) is 10.4. The molecule has 3 aliphatic rings. The summed E-state index contributed by atoms with van der Waals surface area (Å²) in [5.41, 5.74) is 3.39. The third-order valence-electron chi connectivity index (χ3n) is 7.73. The highest BCUT2D eigenvalue weighted by atomic mass is 16.5. The van der Waals surface area contributed by atoms with Crippen LogP contribution in [0.5, 0.6) is 5.75 Å². The number of aliphatic hydroxyl groups is 1. The van der Waals surface area contributed by atoms with Crippen LogP contribution < -0.4 is 4.74 Å². The predicted molar refractivity (Wildman–Crippen MR) is 137 cm³/mol. The predicted octanol–water partition coefficient (Wildman–Crippen LogP) is 4.07. The fraction of sp³-hybridized carbons (Fsp3) is 0.448. The zero-order chi connectivity index (χ0) is 24.6. The molecular weight excluding hydrogens is 454 g/mol. The van der Waals surface area contributed by atoms with Crippen LogP contribution in [0.15, 0.2) is 48.7 Å². The van der Waals surface area contributed by atoms with Crippen molar-refractivity contribution < 1.29 is 19.4 Å². The standard InChI is InChI=1S/C29H33N3O4/c33-22-10-14-30(15-11-22)17-21-18-31(27-9-8-23(16-26(21)27)36-19-20-6-7-20)12-3-13-32-28(34)24-4-1-2-5-25(24)29(32)35/h1-2,4-5,8-9,16,18,20,22,33H,3,6-7,10-15,17,19H2. The van der Waals surface area contributed by atoms with Crippen molar-refractivity contribution in [3.63, 3.8) is 0 Å². The molecular formula is C29H33N3O4. The zero-order valence-electron chi connectivity index (χ0n) is 20.6. The topological polar surface area (TPSA) is 75.0 Å². The second kappa shape index (κ2) is 9.71. The zero-order valence-corrected chi connectivity index (χ0v) is 20.6. The number of amides is 2. The van der Waals surface area contributed by atoms with Gasteiger partial charge in [0.2, 0.25) is 0 Å². The lowest BCUT2D eigenvalue weighted by Gasteiger charge is -2.29. The van der Waals surface area contributed by atoms with Crippen molar-refractivity contribution in [1.82, 2.24) is 14.4 Å². The van der Waals surface area contributed by atoms with Crippen molar-refractivity contribution in [2.24, 2.45) is 5.92 Å². The first-order chi connectivity index (χ1) is 17.6. The molecule has 0 radical (unpaired) electrons. The Hall–Kier alpha value is -3.16. The van der Waals surface area contributed by atoms with Gasteiger partial charge in [-0.1, -0.05) is 12.1 Å². The minimum absolute atomic E-state index is 0.188. The summed E-state index contributed by atoms with van der Waals surface area (Å²) in [5, 5.41) is 11.1. The van der Waals surface area contributed by atoms with E-state index in [0.29, 0.717) is 36.6 Å². The van der Waals surface area contributed by atoms with Crippen LogP contribution in [0.2, 0.25) is 0 Å². The number of rotatable bonds is 9. The monoisotopic (exact) mass is 487 g/mol. The molecule has 1 saturated heterocycles. The normalized spacial score (nSPS) is 18.9. The van der Waals surface area contributed by atoms with E-state index in [1.54, 1.807) is 24.3 Å². The Morgan fingerprint density at radius 2 is 1.64 bits per heavy atom. The first-order valence-electron chi connectivity index (χ1n) is 13.2. The Morgan fingerprint density at radius 1 is 0.917 bits per heavy atom. The largest absolute Gasteiger partial charge is 0.493 e. The molecule has 7 nitrogen and oxygen atoms in total. The van der Waals surface area contributed by atoms with E-state index in [0.717, 1.165) is 50.3 Å². The average molecular weight is 488 g/mol. The number of hydrogen-bond donors (Lipinski definition) is 1. The molecule has 0 bridgehead atoms. The van der Waals surface area contributed by atoms with Crippen molar-refractivity contribution in [2.75, 3.05) is 26.2 Å². The van der Waals surface area contributed by atoms with E-state index in [4.69, 9.17) is 4.74 Å². The van der Waals surface area contributed by atoms with E-state index in [-0.39, 0.29) is 17.9 Å². The number of carbonyl (C=O) groups is 2. The molecule has 36 heavy (non-hydrogen) atoms. The molecule has 0 atom stereocenters. The molecule has 1 N–H and O–H groups in total. The molecule has 0 unspecified atom stereocenters. The molecule has 3 aromatic rings. The van der Waals surface area contributed by atoms with Crippen LogP contribution in [0.25, 0.3) is 10.9 Å². The number of aromatic nitrogens is 1. The maximum absolute atomic E-state index is 12.7. The number of nitrogens with zero attached hydrogens (tertiary/aromatic N) is 3. The summed E-state index contributed by atoms with van der Waals surface area (Å²) < 4.78 is 8.31. The molecule has 1 aliphatic carbocycles. The van der Waals surface area contributed by atoms with Crippen LogP contribution in [0, 0.1) is 5.92 Å². The van der Waals surface area contributed by atoms with Gasteiger partial charge in [-0.05, 0) is 73.9 Å². The van der Waals surface area contributed by atoms with Crippen LogP contribution in [-0.4, -0.2) is 63.6 Å². The number of carbonyl (C=O) groups excluding carboxylic acids is 2. The highest BCUT2D eigenvalue weighted by Gasteiger charge is 2.34. The van der Waals surface area contributed by atoms with Crippen LogP contribution in [0.4, 0.5) is 0 Å². The van der Waals surface area contributed by atoms with E-state index < -0.39 is 0 Å². The van der Waals surface area contributed by atoms with Crippen molar-refractivity contribution in [3.8, 4) is 5.75 Å². The highest BCUT2D eigenvalue weighted by Crippen LogP contribution is 2.32. The van der Waals surface area contributed by atoms with Crippen molar-refractivity contribution in [1.29, 1.82) is 0 Å². The number of aliphatic hydroxyl groups excluding tert-OH is 1. The van der Waals surface area contributed by atoms with Crippen LogP contribution in [0.3, 0.4) is 0 Å². The van der Waals surface area contributed by atoms with Crippen LogP contribution >= 0.6 is 0 Å². The molecule has 3 heterocycles. The minimum atomic E-state index is -0.196. The van der Waals surface area contributed by atoms with E-state index in [1.165, 1.54) is 28.7 Å². The van der Waals surface area contributed by atoms with E-state index in [1.807, 2.05) is 6.07 Å². The highest BCUT2D eigenvalue weighted by molar-refractivity contribution is 6.21. The molecule has 0 spiro atoms. The number of aryl methyl sites for hydroxylation is 1. The maximum atomic E-state index is 12.7. The lowest BCUT2D eigenvalue weighted by Crippen LogP contribution is -2.35. The molecule has 2 aromatic carbocycles. The van der Waals surface area contributed by atoms with Gasteiger partial charge in [0, 0.05) is 49.8 Å². The van der Waals surface area contributed by atoms with Gasteiger partial charge in [-0.25, -0.2) is 0 Å². The summed E-state index contributed by atoms with van der Waals surface area (Å²) in [7, 11) is 0. The van der Waals surface area contributed by atoms with Gasteiger partial charge in [-0.2, -0.15) is 0 Å². The van der Waals surface area contributed by atoms with Gasteiger partial charge in [0.05, 0.1) is 23.8 Å². The molecule has 2 amide bonds. The maximum Gasteiger partial charge on any atom is 0.261 e. The lowest BCUT2D eigenvalue weighted by atomic mass is 10.1. The fourth-order valence-electron chi connectivity index (χ4n) is 5.41. The summed E-state index contributed by atoms with van der Waals surface area (Å²) in [6.45, 7) is 4.52. The smallest absolute Gasteiger partial charge is 0.261 e. The second-order valence-corrected chi connectivity index (χ2v) is 10.4. The Balaban J connectivity index is 1.18. The molecule has 2 fully saturated rings. The van der Waals surface area contributed by atoms with Crippen molar-refractivity contribution in [3.05, 3.63) is 65.4 Å². The summed E-state index contributed by atoms with van der Waals surface area (Å²) in [6.07, 6.45) is 6.86. The third-order valence-corrected chi connectivity index (χ3v) is 7.73. The Bertz CT molecular complexity index is 1250. The van der Waals surface area contributed by atoms with E-state index in [9.17, 15) is 14.7 Å². The van der Waals surface area contributed by atoms with E-state index in [2.05, 4.69) is 27.8 Å². The minimum Gasteiger partial charge on any atom is -0.493 e.